The van der Waals surface area contributed by atoms with Crippen LogP contribution in [0.25, 0.3) is 0 Å². The fourth-order valence-electron chi connectivity index (χ4n) is 1.96. The van der Waals surface area contributed by atoms with E-state index in [0.29, 0.717) is 17.8 Å². The number of hydrazine groups is 1. The van der Waals surface area contributed by atoms with Gasteiger partial charge < -0.3 is 4.90 Å². The number of nitrogens with one attached hydrogen (secondary N) is 1. The van der Waals surface area contributed by atoms with Crippen LogP contribution in [0, 0.1) is 16.0 Å². The zero-order valence-electron chi connectivity index (χ0n) is 11.0. The van der Waals surface area contributed by atoms with E-state index in [1.165, 1.54) is 6.20 Å². The Morgan fingerprint density at radius 1 is 1.63 bits per heavy atom. The van der Waals surface area contributed by atoms with Crippen LogP contribution in [0.2, 0.25) is 0 Å². The largest absolute Gasteiger partial charge is 0.348 e. The van der Waals surface area contributed by atoms with Gasteiger partial charge in [0.05, 0.1) is 4.92 Å². The van der Waals surface area contributed by atoms with Crippen molar-refractivity contribution in [2.75, 3.05) is 16.9 Å². The van der Waals surface area contributed by atoms with Crippen molar-refractivity contribution < 1.29 is 4.92 Å². The number of nitro groups is 1. The number of nitrogens with two attached hydrogens (primary N) is 1. The quantitative estimate of drug-likeness (QED) is 0.453. The minimum Gasteiger partial charge on any atom is -0.348 e. The van der Waals surface area contributed by atoms with Crippen LogP contribution in [-0.2, 0) is 0 Å². The summed E-state index contributed by atoms with van der Waals surface area (Å²) in [6, 6.07) is 0.335. The maximum Gasteiger partial charge on any atom is 0.329 e. The lowest BCUT2D eigenvalue weighted by Gasteiger charge is -2.25. The summed E-state index contributed by atoms with van der Waals surface area (Å²) in [6.07, 6.45) is 3.28. The average Bonchev–Trinajstić information content (AvgIpc) is 3.19. The smallest absolute Gasteiger partial charge is 0.329 e. The van der Waals surface area contributed by atoms with Crippen LogP contribution in [0.4, 0.5) is 17.5 Å². The Morgan fingerprint density at radius 3 is 2.79 bits per heavy atom. The summed E-state index contributed by atoms with van der Waals surface area (Å²) in [5.74, 6) is 6.21. The molecule has 0 spiro atoms. The zero-order chi connectivity index (χ0) is 14.0. The topological polar surface area (TPSA) is 110 Å². The molecule has 1 aliphatic carbocycles. The second-order valence-electron chi connectivity index (χ2n) is 5.08. The van der Waals surface area contributed by atoms with Gasteiger partial charge in [0.2, 0.25) is 11.8 Å². The van der Waals surface area contributed by atoms with Gasteiger partial charge in [0, 0.05) is 12.6 Å². The minimum atomic E-state index is -0.453. The van der Waals surface area contributed by atoms with E-state index in [1.807, 2.05) is 4.90 Å². The van der Waals surface area contributed by atoms with Gasteiger partial charge in [-0.15, -0.1) is 0 Å². The second kappa shape index (κ2) is 5.35. The molecule has 1 aliphatic rings. The SMILES string of the molecule is CC(C)CN(c1nc(NN)ncc1[N+](=O)[O-])C1CC1. The summed E-state index contributed by atoms with van der Waals surface area (Å²) in [5.41, 5.74) is 2.25. The maximum atomic E-state index is 11.1. The molecule has 0 unspecified atom stereocenters. The molecule has 0 aromatic carbocycles. The monoisotopic (exact) mass is 266 g/mol. The summed E-state index contributed by atoms with van der Waals surface area (Å²) in [7, 11) is 0. The molecular weight excluding hydrogens is 248 g/mol. The first-order valence-corrected chi connectivity index (χ1v) is 6.27. The van der Waals surface area contributed by atoms with Crippen molar-refractivity contribution in [2.24, 2.45) is 11.8 Å². The van der Waals surface area contributed by atoms with E-state index in [-0.39, 0.29) is 11.6 Å². The van der Waals surface area contributed by atoms with E-state index < -0.39 is 4.92 Å². The molecule has 0 saturated heterocycles. The molecule has 1 aromatic heterocycles. The first-order valence-electron chi connectivity index (χ1n) is 6.27. The number of hydrogen-bond acceptors (Lipinski definition) is 7. The van der Waals surface area contributed by atoms with Crippen molar-refractivity contribution >= 4 is 17.5 Å². The van der Waals surface area contributed by atoms with Gasteiger partial charge >= 0.3 is 5.69 Å². The fraction of sp³-hybridized carbons (Fsp3) is 0.636. The Kier molecular flexibility index (Phi) is 3.79. The molecular formula is C11H18N6O2. The first kappa shape index (κ1) is 13.5. The van der Waals surface area contributed by atoms with Gasteiger partial charge in [-0.25, -0.2) is 10.8 Å². The summed E-state index contributed by atoms with van der Waals surface area (Å²) < 4.78 is 0. The molecule has 1 heterocycles. The highest BCUT2D eigenvalue weighted by molar-refractivity contribution is 5.60. The third-order valence-corrected chi connectivity index (χ3v) is 2.90. The summed E-state index contributed by atoms with van der Waals surface area (Å²) in [5, 5.41) is 11.1. The highest BCUT2D eigenvalue weighted by atomic mass is 16.6. The first-order chi connectivity index (χ1) is 9.02. The summed E-state index contributed by atoms with van der Waals surface area (Å²) >= 11 is 0. The van der Waals surface area contributed by atoms with Gasteiger partial charge in [0.1, 0.15) is 6.20 Å². The Bertz CT molecular complexity index is 474. The third-order valence-electron chi connectivity index (χ3n) is 2.90. The van der Waals surface area contributed by atoms with E-state index in [4.69, 9.17) is 5.84 Å². The van der Waals surface area contributed by atoms with Gasteiger partial charge in [-0.05, 0) is 18.8 Å². The molecule has 1 aromatic rings. The van der Waals surface area contributed by atoms with Crippen LogP contribution in [0.5, 0.6) is 0 Å². The number of anilines is 2. The van der Waals surface area contributed by atoms with Gasteiger partial charge in [-0.3, -0.25) is 15.5 Å². The van der Waals surface area contributed by atoms with E-state index in [1.54, 1.807) is 0 Å². The van der Waals surface area contributed by atoms with Gasteiger partial charge in [0.15, 0.2) is 0 Å². The van der Waals surface area contributed by atoms with Crippen molar-refractivity contribution in [3.8, 4) is 0 Å². The molecule has 8 nitrogen and oxygen atoms in total. The molecule has 0 aliphatic heterocycles. The van der Waals surface area contributed by atoms with Crippen molar-refractivity contribution in [1.29, 1.82) is 0 Å². The Balaban J connectivity index is 2.40. The Morgan fingerprint density at radius 2 is 2.32 bits per heavy atom. The maximum absolute atomic E-state index is 11.1. The number of aromatic nitrogens is 2. The lowest BCUT2D eigenvalue weighted by Crippen LogP contribution is -2.31. The van der Waals surface area contributed by atoms with Gasteiger partial charge in [-0.1, -0.05) is 13.8 Å². The van der Waals surface area contributed by atoms with E-state index in [0.717, 1.165) is 19.4 Å². The van der Waals surface area contributed by atoms with Crippen molar-refractivity contribution in [3.05, 3.63) is 16.3 Å². The molecule has 104 valence electrons. The van der Waals surface area contributed by atoms with Gasteiger partial charge in [0.25, 0.3) is 0 Å². The molecule has 0 bridgehead atoms. The highest BCUT2D eigenvalue weighted by Crippen LogP contribution is 2.36. The molecule has 2 rings (SSSR count). The highest BCUT2D eigenvalue weighted by Gasteiger charge is 2.34. The molecule has 8 heteroatoms. The van der Waals surface area contributed by atoms with Crippen LogP contribution < -0.4 is 16.2 Å². The number of hydrogen-bond donors (Lipinski definition) is 2. The predicted molar refractivity (Wildman–Crippen MR) is 71.7 cm³/mol. The standard InChI is InChI=1S/C11H18N6O2/c1-7(2)6-16(8-3-4-8)10-9(17(18)19)5-13-11(14-10)15-12/h5,7-8H,3-4,6,12H2,1-2H3,(H,13,14,15). The second-order valence-corrected chi connectivity index (χ2v) is 5.08. The van der Waals surface area contributed by atoms with Crippen LogP contribution >= 0.6 is 0 Å². The molecule has 0 atom stereocenters. The van der Waals surface area contributed by atoms with E-state index in [9.17, 15) is 10.1 Å². The average molecular weight is 266 g/mol. The predicted octanol–water partition coefficient (Wildman–Crippen LogP) is 1.30. The van der Waals surface area contributed by atoms with Crippen molar-refractivity contribution in [2.45, 2.75) is 32.7 Å². The lowest BCUT2D eigenvalue weighted by molar-refractivity contribution is -0.384. The summed E-state index contributed by atoms with van der Waals surface area (Å²) in [6.45, 7) is 4.88. The van der Waals surface area contributed by atoms with Crippen LogP contribution in [0.1, 0.15) is 26.7 Å². The number of nitrogen functional groups attached to an aromatic ring is 1. The van der Waals surface area contributed by atoms with Crippen molar-refractivity contribution in [3.63, 3.8) is 0 Å². The van der Waals surface area contributed by atoms with Crippen LogP contribution in [0.15, 0.2) is 6.20 Å². The Hall–Kier alpha value is -1.96. The van der Waals surface area contributed by atoms with Crippen LogP contribution in [-0.4, -0.2) is 27.5 Å². The van der Waals surface area contributed by atoms with E-state index >= 15 is 0 Å². The molecule has 3 N–H and O–H groups in total. The van der Waals surface area contributed by atoms with E-state index in [2.05, 4.69) is 29.2 Å². The number of nitrogens with zero attached hydrogens (tertiary/aromatic N) is 4. The third kappa shape index (κ3) is 3.08. The van der Waals surface area contributed by atoms with Gasteiger partial charge in [-0.2, -0.15) is 4.98 Å². The molecule has 0 radical (unpaired) electrons. The minimum absolute atomic E-state index is 0.0773. The molecule has 1 fully saturated rings. The Labute approximate surface area is 111 Å². The fourth-order valence-corrected chi connectivity index (χ4v) is 1.96. The molecule has 0 amide bonds. The lowest BCUT2D eigenvalue weighted by atomic mass is 10.2. The summed E-state index contributed by atoms with van der Waals surface area (Å²) in [4.78, 5) is 20.6. The van der Waals surface area contributed by atoms with Crippen LogP contribution in [0.3, 0.4) is 0 Å². The number of rotatable bonds is 6. The normalized spacial score (nSPS) is 14.5. The zero-order valence-corrected chi connectivity index (χ0v) is 11.0. The molecule has 1 saturated carbocycles. The van der Waals surface area contributed by atoms with Crippen molar-refractivity contribution in [1.82, 2.24) is 9.97 Å². The molecule has 19 heavy (non-hydrogen) atoms.